The number of fused-ring (bicyclic) bond motifs is 11. The number of nitrogens with zero attached hydrogens (tertiary/aromatic N) is 4. The molecule has 20 aromatic rings. The van der Waals surface area contributed by atoms with Crippen LogP contribution in [-0.2, 0) is 16.2 Å². The lowest BCUT2D eigenvalue weighted by Gasteiger charge is -2.36. The van der Waals surface area contributed by atoms with Crippen molar-refractivity contribution in [3.8, 4) is 33.6 Å². The van der Waals surface area contributed by atoms with E-state index in [4.69, 9.17) is 0 Å². The van der Waals surface area contributed by atoms with Gasteiger partial charge in [-0.25, -0.2) is 0 Å². The largest absolute Gasteiger partial charge is 0.310 e. The van der Waals surface area contributed by atoms with Crippen molar-refractivity contribution in [3.05, 3.63) is 486 Å². The van der Waals surface area contributed by atoms with Crippen LogP contribution in [-0.4, -0.2) is 9.13 Å². The Morgan fingerprint density at radius 3 is 1.13 bits per heavy atom. The van der Waals surface area contributed by atoms with Crippen molar-refractivity contribution in [2.45, 2.75) is 43.9 Å². The molecule has 0 aliphatic heterocycles. The Morgan fingerprint density at radius 1 is 0.269 bits per heavy atom. The number of rotatable bonds is 18. The van der Waals surface area contributed by atoms with Gasteiger partial charge < -0.3 is 18.9 Å². The van der Waals surface area contributed by atoms with E-state index >= 15 is 0 Å². The molecule has 0 amide bonds. The summed E-state index contributed by atoms with van der Waals surface area (Å²) in [6.45, 7) is 13.3. The number of aromatic nitrogens is 2. The first-order valence-corrected chi connectivity index (χ1v) is 41.4. The summed E-state index contributed by atoms with van der Waals surface area (Å²) >= 11 is 0. The lowest BCUT2D eigenvalue weighted by molar-refractivity contribution is 0.641. The Morgan fingerprint density at radius 2 is 0.630 bits per heavy atom. The van der Waals surface area contributed by atoms with Crippen LogP contribution in [0.3, 0.4) is 0 Å². The maximum absolute atomic E-state index is 3.97. The number of benzene rings is 18. The Bertz CT molecular complexity index is 7260. The second-order valence-corrected chi connectivity index (χ2v) is 32.8. The second kappa shape index (κ2) is 29.2. The van der Waals surface area contributed by atoms with E-state index in [9.17, 15) is 0 Å². The number of hydrogen-bond donors (Lipinski definition) is 0. The van der Waals surface area contributed by atoms with Gasteiger partial charge in [-0.1, -0.05) is 350 Å². The molecular formula is C115H86N4. The van der Waals surface area contributed by atoms with Gasteiger partial charge in [0.15, 0.2) is 0 Å². The Kier molecular flexibility index (Phi) is 17.6. The van der Waals surface area contributed by atoms with E-state index < -0.39 is 5.41 Å². The number of para-hydroxylation sites is 3. The molecule has 0 bridgehead atoms. The zero-order valence-electron chi connectivity index (χ0n) is 67.1. The topological polar surface area (TPSA) is 16.3 Å². The van der Waals surface area contributed by atoms with Gasteiger partial charge in [-0.2, -0.15) is 0 Å². The lowest BCUT2D eigenvalue weighted by atomic mass is 9.67. The Hall–Kier alpha value is -14.8. The van der Waals surface area contributed by atoms with Crippen molar-refractivity contribution in [2.24, 2.45) is 0 Å². The summed E-state index contributed by atoms with van der Waals surface area (Å²) in [6, 6.07) is 155. The van der Waals surface area contributed by atoms with Gasteiger partial charge in [0.1, 0.15) is 0 Å². The summed E-state index contributed by atoms with van der Waals surface area (Å²) in [5.74, 6) is 0. The molecule has 0 fully saturated rings. The van der Waals surface area contributed by atoms with Crippen LogP contribution in [0.25, 0.3) is 117 Å². The molecule has 0 unspecified atom stereocenters. The fourth-order valence-corrected chi connectivity index (χ4v) is 19.2. The van der Waals surface area contributed by atoms with E-state index in [1.165, 1.54) is 132 Å². The average Bonchev–Trinajstić information content (AvgIpc) is 1.53. The average molecular weight is 1520 g/mol. The fraction of sp³-hybridized carbons (Fsp3) is 0.0609. The molecule has 0 spiro atoms. The first kappa shape index (κ1) is 71.9. The Labute approximate surface area is 695 Å². The van der Waals surface area contributed by atoms with E-state index in [2.05, 4.69) is 484 Å². The normalized spacial score (nSPS) is 12.6. The number of hydrogen-bond acceptors (Lipinski definition) is 2. The van der Waals surface area contributed by atoms with Crippen LogP contribution in [0.4, 0.5) is 34.1 Å². The molecule has 4 heteroatoms. The van der Waals surface area contributed by atoms with E-state index in [1.54, 1.807) is 0 Å². The van der Waals surface area contributed by atoms with Gasteiger partial charge in [-0.05, 0) is 216 Å². The van der Waals surface area contributed by atoms with Gasteiger partial charge in [0, 0.05) is 77.3 Å². The molecule has 4 nitrogen and oxygen atoms in total. The molecule has 119 heavy (non-hydrogen) atoms. The molecule has 18 aromatic carbocycles. The van der Waals surface area contributed by atoms with Gasteiger partial charge >= 0.3 is 0 Å². The highest BCUT2D eigenvalue weighted by Crippen LogP contribution is 2.59. The smallest absolute Gasteiger partial charge is 0.0715 e. The molecule has 0 radical (unpaired) electrons. The highest BCUT2D eigenvalue weighted by atomic mass is 15.2. The SMILES string of the molecule is C=Cc1ccc(C(C)(C)c2ccc3c(c2)c2ccccc2n3-c2ccc(-c3ccc(-n4c5ccccc5c5cc(/C=C/c6ccc(C(C)(C)c7ccc(N(c8ccc9c(c8)C(c8ccccc8)(c8ccccc8)c8cc(N(c%10ccccc%10)c%10cccc%11ccccc%10%11)ccc8-9)c8cccc9ccccc89)cc7)cc6)ccc54)cc3)cc2)cc1. The predicted molar refractivity (Wildman–Crippen MR) is 505 cm³/mol. The third-order valence-corrected chi connectivity index (χ3v) is 25.6. The van der Waals surface area contributed by atoms with Crippen LogP contribution in [0, 0.1) is 0 Å². The highest BCUT2D eigenvalue weighted by Gasteiger charge is 2.47. The van der Waals surface area contributed by atoms with Gasteiger partial charge in [-0.15, -0.1) is 0 Å². The van der Waals surface area contributed by atoms with Crippen molar-refractivity contribution in [1.82, 2.24) is 9.13 Å². The fourth-order valence-electron chi connectivity index (χ4n) is 19.2. The molecule has 1 aliphatic carbocycles. The second-order valence-electron chi connectivity index (χ2n) is 32.8. The van der Waals surface area contributed by atoms with Gasteiger partial charge in [-0.3, -0.25) is 0 Å². The maximum atomic E-state index is 3.97. The lowest BCUT2D eigenvalue weighted by Crippen LogP contribution is -2.29. The van der Waals surface area contributed by atoms with Crippen LogP contribution < -0.4 is 9.80 Å². The summed E-state index contributed by atoms with van der Waals surface area (Å²) in [7, 11) is 0. The first-order chi connectivity index (χ1) is 58.5. The van der Waals surface area contributed by atoms with E-state index in [0.29, 0.717) is 0 Å². The summed E-state index contributed by atoms with van der Waals surface area (Å²) in [6.07, 6.45) is 6.40. The minimum absolute atomic E-state index is 0.184. The van der Waals surface area contributed by atoms with Crippen LogP contribution in [0.5, 0.6) is 0 Å². The first-order valence-electron chi connectivity index (χ1n) is 41.4. The molecular weight excluding hydrogens is 1440 g/mol. The zero-order valence-corrected chi connectivity index (χ0v) is 67.1. The van der Waals surface area contributed by atoms with Crippen LogP contribution in [0.1, 0.15) is 88.9 Å². The zero-order chi connectivity index (χ0) is 79.9. The monoisotopic (exact) mass is 1520 g/mol. The van der Waals surface area contributed by atoms with Crippen LogP contribution in [0.2, 0.25) is 0 Å². The summed E-state index contributed by atoms with van der Waals surface area (Å²) in [4.78, 5) is 4.92. The van der Waals surface area contributed by atoms with Gasteiger partial charge in [0.25, 0.3) is 0 Å². The predicted octanol–water partition coefficient (Wildman–Crippen LogP) is 30.6. The minimum Gasteiger partial charge on any atom is -0.310 e. The molecule has 0 atom stereocenters. The van der Waals surface area contributed by atoms with E-state index in [0.717, 1.165) is 62.2 Å². The van der Waals surface area contributed by atoms with Crippen LogP contribution >= 0.6 is 0 Å². The van der Waals surface area contributed by atoms with Crippen molar-refractivity contribution in [2.75, 3.05) is 9.80 Å². The molecule has 0 N–H and O–H groups in total. The highest BCUT2D eigenvalue weighted by molar-refractivity contribution is 6.12. The minimum atomic E-state index is -0.708. The van der Waals surface area contributed by atoms with Crippen molar-refractivity contribution < 1.29 is 0 Å². The molecule has 21 rings (SSSR count). The van der Waals surface area contributed by atoms with Crippen LogP contribution in [0.15, 0.2) is 425 Å². The van der Waals surface area contributed by atoms with Crippen molar-refractivity contribution >= 4 is 118 Å². The third kappa shape index (κ3) is 12.2. The van der Waals surface area contributed by atoms with E-state index in [1.807, 2.05) is 6.08 Å². The maximum Gasteiger partial charge on any atom is 0.0715 e. The van der Waals surface area contributed by atoms with Gasteiger partial charge in [0.05, 0.1) is 38.9 Å². The summed E-state index contributed by atoms with van der Waals surface area (Å²) in [5, 5.41) is 9.71. The molecule has 566 valence electrons. The molecule has 2 heterocycles. The standard InChI is InChI=1S/C115H86N4/c1-6-78-46-55-86(56-47-78)114(4,5)90-61-73-112-104(75-90)102-39-21-23-41-110(102)119(112)94-64-53-82(54-65-94)81-51-62-93(63-52-81)118-109-40-22-20-38-101(109)103-74-80(50-72-111(103)118)45-44-79-48-57-85(58-49-79)113(2,3)87-59-66-92(67-60-87)117(108-43-25-29-84-27-17-19-37-98(84)108)96-69-71-100-99-70-68-95(116(91-34-14-9-15-35-91)107-42-24-28-83-26-16-18-36-97(83)107)76-105(99)115(106(100)77-96,88-30-10-7-11-31-88)89-32-12-8-13-33-89/h6-77H,1H2,2-5H3/b45-44+. The van der Waals surface area contributed by atoms with Gasteiger partial charge in [0.2, 0.25) is 0 Å². The molecule has 0 saturated heterocycles. The van der Waals surface area contributed by atoms with E-state index in [-0.39, 0.29) is 10.8 Å². The molecule has 2 aromatic heterocycles. The number of anilines is 6. The summed E-state index contributed by atoms with van der Waals surface area (Å²) < 4.78 is 4.82. The molecule has 0 saturated carbocycles. The quantitative estimate of drug-likeness (QED) is 0.0796. The van der Waals surface area contributed by atoms with Crippen molar-refractivity contribution in [1.29, 1.82) is 0 Å². The summed E-state index contributed by atoms with van der Waals surface area (Å²) in [5.41, 5.74) is 30.5. The Balaban J connectivity index is 0.564. The third-order valence-electron chi connectivity index (χ3n) is 25.6. The molecule has 1 aliphatic rings. The van der Waals surface area contributed by atoms with Crippen molar-refractivity contribution in [3.63, 3.8) is 0 Å².